The highest BCUT2D eigenvalue weighted by Gasteiger charge is 2.01. The summed E-state index contributed by atoms with van der Waals surface area (Å²) in [7, 11) is 0. The van der Waals surface area contributed by atoms with Crippen molar-refractivity contribution in [1.29, 1.82) is 0 Å². The monoisotopic (exact) mass is 215 g/mol. The molecule has 3 heteroatoms. The molecule has 0 atom stereocenters. The molecule has 0 radical (unpaired) electrons. The number of aromatic nitrogens is 2. The van der Waals surface area contributed by atoms with E-state index in [0.29, 0.717) is 5.82 Å². The Hall–Kier alpha value is -1.90. The highest BCUT2D eigenvalue weighted by molar-refractivity contribution is 5.65. The van der Waals surface area contributed by atoms with Crippen LogP contribution in [0.2, 0.25) is 0 Å². The van der Waals surface area contributed by atoms with Crippen LogP contribution in [0.1, 0.15) is 19.5 Å². The Morgan fingerprint density at radius 2 is 1.81 bits per heavy atom. The predicted molar refractivity (Wildman–Crippen MR) is 68.0 cm³/mol. The van der Waals surface area contributed by atoms with E-state index in [1.54, 1.807) is 18.5 Å². The molecule has 0 aliphatic heterocycles. The second-order valence-corrected chi connectivity index (χ2v) is 3.11. The number of nitrogens with zero attached hydrogens (tertiary/aromatic N) is 2. The summed E-state index contributed by atoms with van der Waals surface area (Å²) in [5, 5.41) is 0. The number of aryl methyl sites for hydroxylation is 1. The maximum absolute atomic E-state index is 5.52. The average Bonchev–Trinajstić information content (AvgIpc) is 2.34. The number of anilines is 1. The summed E-state index contributed by atoms with van der Waals surface area (Å²) in [6.07, 6.45) is 3.54. The van der Waals surface area contributed by atoms with Gasteiger partial charge in [0.15, 0.2) is 0 Å². The topological polar surface area (TPSA) is 51.8 Å². The molecule has 2 rings (SSSR count). The van der Waals surface area contributed by atoms with Gasteiger partial charge < -0.3 is 5.73 Å². The van der Waals surface area contributed by atoms with Gasteiger partial charge in [-0.2, -0.15) is 0 Å². The lowest BCUT2D eigenvalue weighted by Gasteiger charge is -2.03. The van der Waals surface area contributed by atoms with E-state index < -0.39 is 0 Å². The molecule has 0 aromatic carbocycles. The number of pyridine rings is 2. The zero-order valence-electron chi connectivity index (χ0n) is 9.94. The van der Waals surface area contributed by atoms with E-state index >= 15 is 0 Å². The Kier molecular flexibility index (Phi) is 4.45. The lowest BCUT2D eigenvalue weighted by Crippen LogP contribution is -1.91. The fourth-order valence-electron chi connectivity index (χ4n) is 1.35. The van der Waals surface area contributed by atoms with Crippen LogP contribution >= 0.6 is 0 Å². The van der Waals surface area contributed by atoms with Gasteiger partial charge in [-0.3, -0.25) is 4.98 Å². The van der Waals surface area contributed by atoms with Crippen LogP contribution in [0, 0.1) is 6.92 Å². The van der Waals surface area contributed by atoms with E-state index in [-0.39, 0.29) is 0 Å². The quantitative estimate of drug-likeness (QED) is 0.795. The molecule has 84 valence electrons. The SMILES string of the molecule is CC.Cc1ncccc1-c1ccc(N)nc1. The largest absolute Gasteiger partial charge is 0.384 e. The van der Waals surface area contributed by atoms with E-state index in [1.807, 2.05) is 39.0 Å². The van der Waals surface area contributed by atoms with Crippen LogP contribution in [0.5, 0.6) is 0 Å². The Morgan fingerprint density at radius 3 is 2.38 bits per heavy atom. The predicted octanol–water partition coefficient (Wildman–Crippen LogP) is 3.06. The Labute approximate surface area is 96.4 Å². The van der Waals surface area contributed by atoms with Gasteiger partial charge in [-0.25, -0.2) is 4.98 Å². The molecule has 0 fully saturated rings. The van der Waals surface area contributed by atoms with Gasteiger partial charge in [-0.15, -0.1) is 0 Å². The molecule has 0 amide bonds. The Bertz CT molecular complexity index is 435. The number of nitrogens with two attached hydrogens (primary N) is 1. The highest BCUT2D eigenvalue weighted by Crippen LogP contribution is 2.20. The minimum Gasteiger partial charge on any atom is -0.384 e. The second-order valence-electron chi connectivity index (χ2n) is 3.11. The minimum atomic E-state index is 0.537. The van der Waals surface area contributed by atoms with Crippen molar-refractivity contribution in [3.63, 3.8) is 0 Å². The molecular formula is C13H17N3. The lowest BCUT2D eigenvalue weighted by molar-refractivity contribution is 1.20. The van der Waals surface area contributed by atoms with Crippen LogP contribution in [0.25, 0.3) is 11.1 Å². The van der Waals surface area contributed by atoms with E-state index in [4.69, 9.17) is 5.73 Å². The number of nitrogen functional groups attached to an aromatic ring is 1. The van der Waals surface area contributed by atoms with Crippen molar-refractivity contribution in [3.8, 4) is 11.1 Å². The van der Waals surface area contributed by atoms with Crippen molar-refractivity contribution < 1.29 is 0 Å². The van der Waals surface area contributed by atoms with Crippen molar-refractivity contribution in [2.24, 2.45) is 0 Å². The molecule has 3 nitrogen and oxygen atoms in total. The minimum absolute atomic E-state index is 0.537. The van der Waals surface area contributed by atoms with Gasteiger partial charge in [0.1, 0.15) is 5.82 Å². The first kappa shape index (κ1) is 12.2. The summed E-state index contributed by atoms with van der Waals surface area (Å²) < 4.78 is 0. The highest BCUT2D eigenvalue weighted by atomic mass is 14.8. The first-order chi connectivity index (χ1) is 7.77. The third kappa shape index (κ3) is 2.79. The van der Waals surface area contributed by atoms with Gasteiger partial charge in [-0.05, 0) is 25.1 Å². The van der Waals surface area contributed by atoms with E-state index in [0.717, 1.165) is 16.8 Å². The zero-order valence-corrected chi connectivity index (χ0v) is 9.94. The normalized spacial score (nSPS) is 9.19. The average molecular weight is 215 g/mol. The van der Waals surface area contributed by atoms with Crippen LogP contribution in [0.15, 0.2) is 36.7 Å². The maximum atomic E-state index is 5.52. The van der Waals surface area contributed by atoms with Gasteiger partial charge in [0.05, 0.1) is 0 Å². The van der Waals surface area contributed by atoms with E-state index in [9.17, 15) is 0 Å². The first-order valence-corrected chi connectivity index (χ1v) is 5.41. The smallest absolute Gasteiger partial charge is 0.123 e. The first-order valence-electron chi connectivity index (χ1n) is 5.41. The molecule has 2 heterocycles. The number of hydrogen-bond donors (Lipinski definition) is 1. The third-order valence-electron chi connectivity index (χ3n) is 2.10. The molecular weight excluding hydrogens is 198 g/mol. The van der Waals surface area contributed by atoms with Gasteiger partial charge in [0.25, 0.3) is 0 Å². The van der Waals surface area contributed by atoms with Crippen molar-refractivity contribution in [3.05, 3.63) is 42.4 Å². The molecule has 2 aromatic rings. The third-order valence-corrected chi connectivity index (χ3v) is 2.10. The molecule has 16 heavy (non-hydrogen) atoms. The lowest BCUT2D eigenvalue weighted by atomic mass is 10.1. The molecule has 2 aromatic heterocycles. The molecule has 0 saturated carbocycles. The fraction of sp³-hybridized carbons (Fsp3) is 0.231. The second kappa shape index (κ2) is 5.85. The van der Waals surface area contributed by atoms with Crippen molar-refractivity contribution in [2.75, 3.05) is 5.73 Å². The van der Waals surface area contributed by atoms with Crippen molar-refractivity contribution in [2.45, 2.75) is 20.8 Å². The maximum Gasteiger partial charge on any atom is 0.123 e. The van der Waals surface area contributed by atoms with Crippen LogP contribution in [0.4, 0.5) is 5.82 Å². The van der Waals surface area contributed by atoms with Crippen LogP contribution in [-0.4, -0.2) is 9.97 Å². The van der Waals surface area contributed by atoms with Crippen molar-refractivity contribution >= 4 is 5.82 Å². The number of rotatable bonds is 1. The van der Waals surface area contributed by atoms with Gasteiger partial charge in [-0.1, -0.05) is 19.9 Å². The summed E-state index contributed by atoms with van der Waals surface area (Å²) >= 11 is 0. The summed E-state index contributed by atoms with van der Waals surface area (Å²) in [5.74, 6) is 0.537. The van der Waals surface area contributed by atoms with Gasteiger partial charge in [0.2, 0.25) is 0 Å². The summed E-state index contributed by atoms with van der Waals surface area (Å²) in [4.78, 5) is 8.27. The Morgan fingerprint density at radius 1 is 1.06 bits per heavy atom. The summed E-state index contributed by atoms with van der Waals surface area (Å²) in [5.41, 5.74) is 8.66. The van der Waals surface area contributed by atoms with Crippen LogP contribution in [0.3, 0.4) is 0 Å². The number of hydrogen-bond acceptors (Lipinski definition) is 3. The zero-order chi connectivity index (χ0) is 12.0. The molecule has 0 bridgehead atoms. The van der Waals surface area contributed by atoms with E-state index in [2.05, 4.69) is 9.97 Å². The fourth-order valence-corrected chi connectivity index (χ4v) is 1.35. The molecule has 0 aliphatic carbocycles. The van der Waals surface area contributed by atoms with E-state index in [1.165, 1.54) is 0 Å². The van der Waals surface area contributed by atoms with Gasteiger partial charge in [0, 0.05) is 29.2 Å². The van der Waals surface area contributed by atoms with Crippen LogP contribution < -0.4 is 5.73 Å². The molecule has 0 spiro atoms. The molecule has 0 aliphatic rings. The molecule has 0 unspecified atom stereocenters. The molecule has 2 N–H and O–H groups in total. The Balaban J connectivity index is 0.000000606. The standard InChI is InChI=1S/C11H11N3.C2H6/c1-8-10(3-2-6-13-8)9-4-5-11(12)14-7-9;1-2/h2-7H,1H3,(H2,12,14);1-2H3. The van der Waals surface area contributed by atoms with Gasteiger partial charge >= 0.3 is 0 Å². The summed E-state index contributed by atoms with van der Waals surface area (Å²) in [6, 6.07) is 7.68. The molecule has 0 saturated heterocycles. The van der Waals surface area contributed by atoms with Crippen LogP contribution in [-0.2, 0) is 0 Å². The van der Waals surface area contributed by atoms with Crippen molar-refractivity contribution in [1.82, 2.24) is 9.97 Å². The summed E-state index contributed by atoms with van der Waals surface area (Å²) in [6.45, 7) is 5.98.